The molecule has 0 aliphatic carbocycles. The molecule has 1 aliphatic heterocycles. The van der Waals surface area contributed by atoms with Crippen LogP contribution >= 0.6 is 11.8 Å². The van der Waals surface area contributed by atoms with Gasteiger partial charge in [-0.25, -0.2) is 9.97 Å². The molecule has 2 heterocycles. The molecule has 0 aromatic carbocycles. The van der Waals surface area contributed by atoms with Crippen LogP contribution in [-0.2, 0) is 0 Å². The van der Waals surface area contributed by atoms with E-state index in [0.29, 0.717) is 6.04 Å². The summed E-state index contributed by atoms with van der Waals surface area (Å²) in [5.74, 6) is 5.18. The fourth-order valence-corrected chi connectivity index (χ4v) is 3.07. The summed E-state index contributed by atoms with van der Waals surface area (Å²) in [5.41, 5.74) is 0. The second-order valence-electron chi connectivity index (χ2n) is 4.25. The minimum Gasteiger partial charge on any atom is -0.370 e. The van der Waals surface area contributed by atoms with Crippen molar-refractivity contribution in [3.05, 3.63) is 11.9 Å². The van der Waals surface area contributed by atoms with Gasteiger partial charge in [-0.1, -0.05) is 0 Å². The van der Waals surface area contributed by atoms with Gasteiger partial charge in [-0.3, -0.25) is 0 Å². The van der Waals surface area contributed by atoms with Crippen molar-refractivity contribution in [3.8, 4) is 0 Å². The number of nitrogens with one attached hydrogen (secondary N) is 2. The summed E-state index contributed by atoms with van der Waals surface area (Å²) in [6, 6.07) is 2.57. The molecule has 0 radical (unpaired) electrons. The average Bonchev–Trinajstić information content (AvgIpc) is 2.30. The maximum Gasteiger partial charge on any atom is 0.132 e. The Hall–Kier alpha value is -0.970. The van der Waals surface area contributed by atoms with Crippen molar-refractivity contribution >= 4 is 23.4 Å². The highest BCUT2D eigenvalue weighted by molar-refractivity contribution is 7.99. The number of anilines is 2. The summed E-state index contributed by atoms with van der Waals surface area (Å²) in [6.45, 7) is 4.89. The highest BCUT2D eigenvalue weighted by Crippen LogP contribution is 2.21. The first-order valence-corrected chi connectivity index (χ1v) is 7.37. The number of hydrogen-bond acceptors (Lipinski definition) is 5. The maximum absolute atomic E-state index is 4.44. The fraction of sp³-hybridized carbons (Fsp3) is 0.667. The van der Waals surface area contributed by atoms with Crippen LogP contribution in [0.5, 0.6) is 0 Å². The molecule has 94 valence electrons. The van der Waals surface area contributed by atoms with Crippen LogP contribution in [0.3, 0.4) is 0 Å². The summed E-state index contributed by atoms with van der Waals surface area (Å²) in [4.78, 5) is 8.79. The zero-order chi connectivity index (χ0) is 12.1. The predicted octanol–water partition coefficient (Wildman–Crippen LogP) is 2.52. The van der Waals surface area contributed by atoms with Crippen molar-refractivity contribution in [1.29, 1.82) is 0 Å². The maximum atomic E-state index is 4.44. The van der Waals surface area contributed by atoms with Crippen molar-refractivity contribution in [1.82, 2.24) is 9.97 Å². The molecule has 17 heavy (non-hydrogen) atoms. The van der Waals surface area contributed by atoms with Crippen molar-refractivity contribution in [2.45, 2.75) is 32.7 Å². The number of hydrogen-bond donors (Lipinski definition) is 2. The van der Waals surface area contributed by atoms with Crippen LogP contribution in [0.25, 0.3) is 0 Å². The van der Waals surface area contributed by atoms with Gasteiger partial charge in [0.05, 0.1) is 0 Å². The standard InChI is InChI=1S/C12H20N4S/c1-3-13-11-8-12(15-9(2)14-11)16-10-4-6-17-7-5-10/h8,10H,3-7H2,1-2H3,(H2,13,14,15,16). The second-order valence-corrected chi connectivity index (χ2v) is 5.47. The lowest BCUT2D eigenvalue weighted by Gasteiger charge is -2.23. The lowest BCUT2D eigenvalue weighted by Crippen LogP contribution is -2.25. The molecule has 4 nitrogen and oxygen atoms in total. The Kier molecular flexibility index (Phi) is 4.48. The quantitative estimate of drug-likeness (QED) is 0.862. The molecule has 1 aromatic rings. The molecule has 0 atom stereocenters. The van der Waals surface area contributed by atoms with Gasteiger partial charge < -0.3 is 10.6 Å². The topological polar surface area (TPSA) is 49.8 Å². The Morgan fingerprint density at radius 3 is 2.71 bits per heavy atom. The molecular weight excluding hydrogens is 232 g/mol. The number of rotatable bonds is 4. The van der Waals surface area contributed by atoms with E-state index < -0.39 is 0 Å². The van der Waals surface area contributed by atoms with Gasteiger partial charge in [-0.15, -0.1) is 0 Å². The summed E-state index contributed by atoms with van der Waals surface area (Å²) >= 11 is 2.04. The second kappa shape index (κ2) is 6.10. The van der Waals surface area contributed by atoms with Crippen molar-refractivity contribution in [2.75, 3.05) is 28.7 Å². The van der Waals surface area contributed by atoms with Gasteiger partial charge in [-0.2, -0.15) is 11.8 Å². The summed E-state index contributed by atoms with van der Waals surface area (Å²) < 4.78 is 0. The van der Waals surface area contributed by atoms with E-state index in [-0.39, 0.29) is 0 Å². The van der Waals surface area contributed by atoms with Crippen molar-refractivity contribution in [2.24, 2.45) is 0 Å². The Morgan fingerprint density at radius 2 is 2.00 bits per heavy atom. The molecule has 0 unspecified atom stereocenters. The molecule has 1 fully saturated rings. The zero-order valence-electron chi connectivity index (χ0n) is 10.5. The van der Waals surface area contributed by atoms with Gasteiger partial charge in [0, 0.05) is 18.7 Å². The molecule has 0 bridgehead atoms. The number of nitrogens with zero attached hydrogens (tertiary/aromatic N) is 2. The molecule has 0 amide bonds. The molecule has 1 aliphatic rings. The first-order chi connectivity index (χ1) is 8.28. The molecule has 2 rings (SSSR count). The first kappa shape index (κ1) is 12.5. The van der Waals surface area contributed by atoms with E-state index in [1.807, 2.05) is 24.8 Å². The first-order valence-electron chi connectivity index (χ1n) is 6.21. The van der Waals surface area contributed by atoms with E-state index in [4.69, 9.17) is 0 Å². The molecule has 2 N–H and O–H groups in total. The van der Waals surface area contributed by atoms with Crippen LogP contribution in [-0.4, -0.2) is 34.1 Å². The van der Waals surface area contributed by atoms with Crippen LogP contribution < -0.4 is 10.6 Å². The third-order valence-electron chi connectivity index (χ3n) is 2.77. The van der Waals surface area contributed by atoms with Crippen LogP contribution in [0.1, 0.15) is 25.6 Å². The Balaban J connectivity index is 2.03. The number of aryl methyl sites for hydroxylation is 1. The van der Waals surface area contributed by atoms with Crippen molar-refractivity contribution in [3.63, 3.8) is 0 Å². The van der Waals surface area contributed by atoms with E-state index in [9.17, 15) is 0 Å². The van der Waals surface area contributed by atoms with Crippen LogP contribution in [0.2, 0.25) is 0 Å². The highest BCUT2D eigenvalue weighted by atomic mass is 32.2. The van der Waals surface area contributed by atoms with E-state index in [2.05, 4.69) is 27.5 Å². The molecule has 5 heteroatoms. The Bertz CT molecular complexity index is 364. The van der Waals surface area contributed by atoms with E-state index in [1.54, 1.807) is 0 Å². The molecule has 1 saturated heterocycles. The van der Waals surface area contributed by atoms with Gasteiger partial charge >= 0.3 is 0 Å². The van der Waals surface area contributed by atoms with Gasteiger partial charge in [0.15, 0.2) is 0 Å². The van der Waals surface area contributed by atoms with E-state index in [0.717, 1.165) is 24.0 Å². The highest BCUT2D eigenvalue weighted by Gasteiger charge is 2.14. The number of aromatic nitrogens is 2. The normalized spacial score (nSPS) is 16.8. The molecular formula is C12H20N4S. The van der Waals surface area contributed by atoms with Gasteiger partial charge in [0.1, 0.15) is 17.5 Å². The van der Waals surface area contributed by atoms with Gasteiger partial charge in [0.25, 0.3) is 0 Å². The van der Waals surface area contributed by atoms with Crippen molar-refractivity contribution < 1.29 is 0 Å². The van der Waals surface area contributed by atoms with Crippen LogP contribution in [0.15, 0.2) is 6.07 Å². The zero-order valence-corrected chi connectivity index (χ0v) is 11.3. The monoisotopic (exact) mass is 252 g/mol. The largest absolute Gasteiger partial charge is 0.370 e. The van der Waals surface area contributed by atoms with Crippen LogP contribution in [0.4, 0.5) is 11.6 Å². The van der Waals surface area contributed by atoms with Gasteiger partial charge in [0.2, 0.25) is 0 Å². The fourth-order valence-electron chi connectivity index (χ4n) is 1.96. The number of thioether (sulfide) groups is 1. The van der Waals surface area contributed by atoms with Gasteiger partial charge in [-0.05, 0) is 38.2 Å². The molecule has 1 aromatic heterocycles. The lowest BCUT2D eigenvalue weighted by atomic mass is 10.1. The lowest BCUT2D eigenvalue weighted by molar-refractivity contribution is 0.663. The summed E-state index contributed by atoms with van der Waals surface area (Å²) in [7, 11) is 0. The third kappa shape index (κ3) is 3.77. The summed E-state index contributed by atoms with van der Waals surface area (Å²) in [5, 5.41) is 6.75. The third-order valence-corrected chi connectivity index (χ3v) is 3.82. The smallest absolute Gasteiger partial charge is 0.132 e. The summed E-state index contributed by atoms with van der Waals surface area (Å²) in [6.07, 6.45) is 2.45. The molecule has 0 saturated carbocycles. The Morgan fingerprint density at radius 1 is 1.29 bits per heavy atom. The molecule has 0 spiro atoms. The SMILES string of the molecule is CCNc1cc(NC2CCSCC2)nc(C)n1. The minimum absolute atomic E-state index is 0.569. The van der Waals surface area contributed by atoms with Crippen LogP contribution in [0, 0.1) is 6.92 Å². The average molecular weight is 252 g/mol. The van der Waals surface area contributed by atoms with E-state index in [1.165, 1.54) is 24.3 Å². The predicted molar refractivity (Wildman–Crippen MR) is 74.9 cm³/mol. The Labute approximate surface area is 107 Å². The minimum atomic E-state index is 0.569. The van der Waals surface area contributed by atoms with E-state index >= 15 is 0 Å².